The van der Waals surface area contributed by atoms with Crippen LogP contribution in [0.2, 0.25) is 0 Å². The molecule has 0 spiro atoms. The molecule has 0 saturated heterocycles. The summed E-state index contributed by atoms with van der Waals surface area (Å²) in [5.41, 5.74) is 2.68. The highest BCUT2D eigenvalue weighted by Gasteiger charge is 2.27. The minimum atomic E-state index is -0.588. The Balaban J connectivity index is 1.52. The molecule has 0 bridgehead atoms. The molecular weight excluding hydrogens is 537 g/mol. The Morgan fingerprint density at radius 1 is 1.05 bits per heavy atom. The van der Waals surface area contributed by atoms with Crippen molar-refractivity contribution < 1.29 is 18.7 Å². The second kappa shape index (κ2) is 10.9. The summed E-state index contributed by atoms with van der Waals surface area (Å²) in [5.74, 6) is -1.44. The third-order valence-corrected chi connectivity index (χ3v) is 8.46. The van der Waals surface area contributed by atoms with Gasteiger partial charge in [-0.2, -0.15) is 0 Å². The van der Waals surface area contributed by atoms with Crippen molar-refractivity contribution in [1.82, 2.24) is 9.55 Å². The molecule has 39 heavy (non-hydrogen) atoms. The molecule has 3 aromatic heterocycles. The molecule has 0 atom stereocenters. The summed E-state index contributed by atoms with van der Waals surface area (Å²) in [6.45, 7) is 5.76. The lowest BCUT2D eigenvalue weighted by Gasteiger charge is -2.09. The summed E-state index contributed by atoms with van der Waals surface area (Å²) >= 11 is 2.36. The maximum Gasteiger partial charge on any atom is 0.341 e. The van der Waals surface area contributed by atoms with E-state index in [1.807, 2.05) is 37.3 Å². The SMILES string of the molecule is CCOC(=O)c1c(NC(=O)c2sc3ncn(Cc4ccccc4)c(=O)c3c2C)sc(C)c1-c1ccc(F)cc1. The maximum absolute atomic E-state index is 13.6. The van der Waals surface area contributed by atoms with E-state index in [9.17, 15) is 18.8 Å². The van der Waals surface area contributed by atoms with Crippen LogP contribution in [0.3, 0.4) is 0 Å². The van der Waals surface area contributed by atoms with Crippen molar-refractivity contribution in [3.8, 4) is 11.1 Å². The zero-order chi connectivity index (χ0) is 27.7. The van der Waals surface area contributed by atoms with E-state index < -0.39 is 17.7 Å². The Hall–Kier alpha value is -4.15. The number of esters is 1. The van der Waals surface area contributed by atoms with E-state index in [0.717, 1.165) is 21.8 Å². The largest absolute Gasteiger partial charge is 0.462 e. The van der Waals surface area contributed by atoms with Crippen LogP contribution in [-0.4, -0.2) is 28.0 Å². The van der Waals surface area contributed by atoms with Crippen molar-refractivity contribution >= 4 is 49.8 Å². The average Bonchev–Trinajstić information content (AvgIpc) is 3.43. The van der Waals surface area contributed by atoms with E-state index >= 15 is 0 Å². The predicted octanol–water partition coefficient (Wildman–Crippen LogP) is 6.42. The molecule has 1 N–H and O–H groups in total. The number of aryl methyl sites for hydroxylation is 2. The van der Waals surface area contributed by atoms with Crippen LogP contribution in [0, 0.1) is 19.7 Å². The molecule has 0 aliphatic rings. The first-order chi connectivity index (χ1) is 18.8. The van der Waals surface area contributed by atoms with Crippen LogP contribution in [0.5, 0.6) is 0 Å². The third-order valence-electron chi connectivity index (χ3n) is 6.24. The van der Waals surface area contributed by atoms with E-state index in [1.54, 1.807) is 26.0 Å². The molecule has 1 amide bonds. The number of rotatable bonds is 7. The maximum atomic E-state index is 13.6. The normalized spacial score (nSPS) is 11.1. The Bertz CT molecular complexity index is 1760. The van der Waals surface area contributed by atoms with Gasteiger partial charge in [0.2, 0.25) is 0 Å². The minimum absolute atomic E-state index is 0.153. The molecule has 5 rings (SSSR count). The molecular formula is C29H24FN3O4S2. The van der Waals surface area contributed by atoms with Crippen LogP contribution in [0.15, 0.2) is 65.7 Å². The number of benzene rings is 2. The second-order valence-corrected chi connectivity index (χ2v) is 11.0. The monoisotopic (exact) mass is 561 g/mol. The topological polar surface area (TPSA) is 90.3 Å². The van der Waals surface area contributed by atoms with Crippen molar-refractivity contribution in [2.75, 3.05) is 11.9 Å². The number of halogens is 1. The van der Waals surface area contributed by atoms with Crippen LogP contribution in [0.4, 0.5) is 9.39 Å². The van der Waals surface area contributed by atoms with Gasteiger partial charge in [0, 0.05) is 10.4 Å². The van der Waals surface area contributed by atoms with Gasteiger partial charge >= 0.3 is 5.97 Å². The number of thiophene rings is 2. The molecule has 0 fully saturated rings. The number of ether oxygens (including phenoxy) is 1. The predicted molar refractivity (Wildman–Crippen MR) is 153 cm³/mol. The highest BCUT2D eigenvalue weighted by atomic mass is 32.1. The summed E-state index contributed by atoms with van der Waals surface area (Å²) in [6.07, 6.45) is 1.49. The number of nitrogens with one attached hydrogen (secondary N) is 1. The Morgan fingerprint density at radius 3 is 2.46 bits per heavy atom. The number of amides is 1. The van der Waals surface area contributed by atoms with Gasteiger partial charge in [-0.3, -0.25) is 14.2 Å². The first-order valence-corrected chi connectivity index (χ1v) is 13.8. The minimum Gasteiger partial charge on any atom is -0.462 e. The van der Waals surface area contributed by atoms with Crippen molar-refractivity contribution in [1.29, 1.82) is 0 Å². The highest BCUT2D eigenvalue weighted by molar-refractivity contribution is 7.21. The molecule has 0 unspecified atom stereocenters. The van der Waals surface area contributed by atoms with Gasteiger partial charge in [0.15, 0.2) is 0 Å². The molecule has 5 aromatic rings. The van der Waals surface area contributed by atoms with Gasteiger partial charge in [-0.1, -0.05) is 42.5 Å². The Labute approximate surface area is 231 Å². The molecule has 0 aliphatic heterocycles. The molecule has 10 heteroatoms. The van der Waals surface area contributed by atoms with Crippen molar-refractivity contribution in [2.45, 2.75) is 27.3 Å². The molecule has 2 aromatic carbocycles. The summed E-state index contributed by atoms with van der Waals surface area (Å²) < 4.78 is 20.4. The van der Waals surface area contributed by atoms with Crippen LogP contribution >= 0.6 is 22.7 Å². The molecule has 198 valence electrons. The number of carbonyl (C=O) groups excluding carboxylic acids is 2. The standard InChI is InChI=1S/C29H24FN3O4S2/c1-4-37-29(36)23-22(19-10-12-20(30)13-11-19)17(3)38-27(23)32-25(34)24-16(2)21-26(39-24)31-15-33(28(21)35)14-18-8-6-5-7-9-18/h5-13,15H,4,14H2,1-3H3,(H,32,34). The quantitative estimate of drug-likeness (QED) is 0.232. The van der Waals surface area contributed by atoms with E-state index in [4.69, 9.17) is 4.74 Å². The molecule has 0 saturated carbocycles. The number of hydrogen-bond donors (Lipinski definition) is 1. The summed E-state index contributed by atoms with van der Waals surface area (Å²) in [6, 6.07) is 15.4. The van der Waals surface area contributed by atoms with Gasteiger partial charge < -0.3 is 10.1 Å². The Kier molecular flexibility index (Phi) is 7.40. The van der Waals surface area contributed by atoms with Gasteiger partial charge in [0.25, 0.3) is 11.5 Å². The zero-order valence-electron chi connectivity index (χ0n) is 21.4. The summed E-state index contributed by atoms with van der Waals surface area (Å²) in [5, 5.41) is 3.58. The molecule has 0 radical (unpaired) electrons. The fraction of sp³-hybridized carbons (Fsp3) is 0.172. The van der Waals surface area contributed by atoms with Crippen LogP contribution in [0.25, 0.3) is 21.3 Å². The number of hydrogen-bond acceptors (Lipinski definition) is 7. The lowest BCUT2D eigenvalue weighted by atomic mass is 10.0. The van der Waals surface area contributed by atoms with Crippen LogP contribution < -0.4 is 10.9 Å². The molecule has 7 nitrogen and oxygen atoms in total. The summed E-state index contributed by atoms with van der Waals surface area (Å²) in [7, 11) is 0. The second-order valence-electron chi connectivity index (χ2n) is 8.82. The van der Waals surface area contributed by atoms with Gasteiger partial charge in [0.05, 0.1) is 29.7 Å². The van der Waals surface area contributed by atoms with Crippen molar-refractivity contribution in [3.63, 3.8) is 0 Å². The summed E-state index contributed by atoms with van der Waals surface area (Å²) in [4.78, 5) is 45.8. The zero-order valence-corrected chi connectivity index (χ0v) is 23.0. The van der Waals surface area contributed by atoms with Gasteiger partial charge in [-0.05, 0) is 49.6 Å². The first kappa shape index (κ1) is 26.5. The van der Waals surface area contributed by atoms with E-state index in [2.05, 4.69) is 10.3 Å². The van der Waals surface area contributed by atoms with Crippen molar-refractivity contribution in [2.24, 2.45) is 0 Å². The van der Waals surface area contributed by atoms with Crippen molar-refractivity contribution in [3.05, 3.63) is 104 Å². The number of aromatic nitrogens is 2. The van der Waals surface area contributed by atoms with E-state index in [1.165, 1.54) is 34.4 Å². The number of carbonyl (C=O) groups is 2. The van der Waals surface area contributed by atoms with Crippen LogP contribution in [-0.2, 0) is 11.3 Å². The van der Waals surface area contributed by atoms with E-state index in [0.29, 0.717) is 43.3 Å². The highest BCUT2D eigenvalue weighted by Crippen LogP contribution is 2.41. The van der Waals surface area contributed by atoms with Gasteiger partial charge in [-0.15, -0.1) is 22.7 Å². The fourth-order valence-corrected chi connectivity index (χ4v) is 6.52. The van der Waals surface area contributed by atoms with Crippen LogP contribution in [0.1, 0.15) is 43.0 Å². The lowest BCUT2D eigenvalue weighted by Crippen LogP contribution is -2.21. The number of fused-ring (bicyclic) bond motifs is 1. The van der Waals surface area contributed by atoms with Gasteiger partial charge in [0.1, 0.15) is 21.2 Å². The number of anilines is 1. The third kappa shape index (κ3) is 5.13. The lowest BCUT2D eigenvalue weighted by molar-refractivity contribution is 0.0529. The number of nitrogens with zero attached hydrogens (tertiary/aromatic N) is 2. The first-order valence-electron chi connectivity index (χ1n) is 12.2. The Morgan fingerprint density at radius 2 is 1.77 bits per heavy atom. The smallest absolute Gasteiger partial charge is 0.341 e. The van der Waals surface area contributed by atoms with E-state index in [-0.39, 0.29) is 17.7 Å². The molecule has 0 aliphatic carbocycles. The molecule has 3 heterocycles. The van der Waals surface area contributed by atoms with Gasteiger partial charge in [-0.25, -0.2) is 14.2 Å². The fourth-order valence-electron chi connectivity index (χ4n) is 4.42. The average molecular weight is 562 g/mol.